The van der Waals surface area contributed by atoms with Crippen LogP contribution in [0.1, 0.15) is 37.4 Å². The van der Waals surface area contributed by atoms with E-state index in [1.54, 1.807) is 11.0 Å². The van der Waals surface area contributed by atoms with Crippen LogP contribution in [-0.2, 0) is 6.42 Å². The Labute approximate surface area is 150 Å². The van der Waals surface area contributed by atoms with E-state index in [4.69, 9.17) is 4.74 Å². The van der Waals surface area contributed by atoms with Crippen molar-refractivity contribution in [3.05, 3.63) is 63.7 Å². The molecule has 2 unspecified atom stereocenters. The molecular weight excluding hydrogens is 334 g/mol. The largest absolute Gasteiger partial charge is 0.467 e. The van der Waals surface area contributed by atoms with Crippen molar-refractivity contribution < 1.29 is 14.5 Å². The predicted octanol–water partition coefficient (Wildman–Crippen LogP) is 3.93. The maximum Gasteiger partial charge on any atom is 0.325 e. The highest BCUT2D eigenvalue weighted by molar-refractivity contribution is 5.95. The van der Waals surface area contributed by atoms with Crippen molar-refractivity contribution in [1.82, 2.24) is 5.32 Å². The minimum absolute atomic E-state index is 0.0113. The first-order valence-electron chi connectivity index (χ1n) is 8.58. The van der Waals surface area contributed by atoms with Crippen LogP contribution in [0.15, 0.2) is 42.5 Å². The number of urea groups is 1. The molecule has 134 valence electrons. The SMILES string of the molecule is CCc1ccc(N2C(=O)NC3CC2(C)Oc2ccc([N+](=O)[O-])cc23)cc1. The molecule has 0 saturated carbocycles. The maximum atomic E-state index is 12.8. The van der Waals surface area contributed by atoms with Crippen LogP contribution < -0.4 is 15.0 Å². The summed E-state index contributed by atoms with van der Waals surface area (Å²) >= 11 is 0. The number of ether oxygens (including phenoxy) is 1. The van der Waals surface area contributed by atoms with Gasteiger partial charge in [-0.15, -0.1) is 0 Å². The molecule has 2 aliphatic rings. The van der Waals surface area contributed by atoms with Crippen LogP contribution in [0.4, 0.5) is 16.2 Å². The van der Waals surface area contributed by atoms with Crippen molar-refractivity contribution >= 4 is 17.4 Å². The maximum absolute atomic E-state index is 12.8. The minimum atomic E-state index is -0.857. The molecule has 2 bridgehead atoms. The number of carbonyl (C=O) groups excluding carboxylic acids is 1. The summed E-state index contributed by atoms with van der Waals surface area (Å²) in [5, 5.41) is 14.0. The van der Waals surface area contributed by atoms with E-state index in [9.17, 15) is 14.9 Å². The van der Waals surface area contributed by atoms with E-state index in [2.05, 4.69) is 12.2 Å². The fourth-order valence-corrected chi connectivity index (χ4v) is 3.75. The van der Waals surface area contributed by atoms with Gasteiger partial charge in [-0.25, -0.2) is 4.79 Å². The zero-order chi connectivity index (χ0) is 18.5. The van der Waals surface area contributed by atoms with Crippen LogP contribution in [0.2, 0.25) is 0 Å². The van der Waals surface area contributed by atoms with Crippen LogP contribution in [0.25, 0.3) is 0 Å². The second-order valence-electron chi connectivity index (χ2n) is 6.82. The van der Waals surface area contributed by atoms with E-state index in [0.717, 1.165) is 12.1 Å². The van der Waals surface area contributed by atoms with Crippen LogP contribution in [0, 0.1) is 10.1 Å². The quantitative estimate of drug-likeness (QED) is 0.669. The monoisotopic (exact) mass is 353 g/mol. The number of amides is 2. The van der Waals surface area contributed by atoms with Gasteiger partial charge in [0.2, 0.25) is 0 Å². The van der Waals surface area contributed by atoms with Crippen molar-refractivity contribution in [2.24, 2.45) is 0 Å². The van der Waals surface area contributed by atoms with Gasteiger partial charge >= 0.3 is 6.03 Å². The third-order valence-electron chi connectivity index (χ3n) is 5.07. The summed E-state index contributed by atoms with van der Waals surface area (Å²) in [7, 11) is 0. The third kappa shape index (κ3) is 2.47. The van der Waals surface area contributed by atoms with Gasteiger partial charge in [0.05, 0.1) is 11.0 Å². The first-order valence-corrected chi connectivity index (χ1v) is 8.58. The van der Waals surface area contributed by atoms with E-state index in [-0.39, 0.29) is 17.8 Å². The van der Waals surface area contributed by atoms with Crippen molar-refractivity contribution in [3.63, 3.8) is 0 Å². The van der Waals surface area contributed by atoms with Gasteiger partial charge in [0.1, 0.15) is 5.75 Å². The topological polar surface area (TPSA) is 84.7 Å². The molecule has 26 heavy (non-hydrogen) atoms. The molecule has 0 aliphatic carbocycles. The van der Waals surface area contributed by atoms with Gasteiger partial charge in [-0.1, -0.05) is 19.1 Å². The highest BCUT2D eigenvalue weighted by Gasteiger charge is 2.50. The van der Waals surface area contributed by atoms with E-state index >= 15 is 0 Å². The summed E-state index contributed by atoms with van der Waals surface area (Å²) in [6.45, 7) is 3.95. The molecule has 0 radical (unpaired) electrons. The number of nitro benzene ring substituents is 1. The summed E-state index contributed by atoms with van der Waals surface area (Å²) in [5.41, 5.74) is 1.72. The number of non-ortho nitro benzene ring substituents is 1. The second-order valence-corrected chi connectivity index (χ2v) is 6.82. The molecule has 2 aliphatic heterocycles. The molecule has 7 heteroatoms. The van der Waals surface area contributed by atoms with Crippen molar-refractivity contribution in [3.8, 4) is 5.75 Å². The fourth-order valence-electron chi connectivity index (χ4n) is 3.75. The lowest BCUT2D eigenvalue weighted by Gasteiger charge is -2.50. The number of anilines is 1. The molecule has 0 spiro atoms. The lowest BCUT2D eigenvalue weighted by Crippen LogP contribution is -2.65. The fraction of sp³-hybridized carbons (Fsp3) is 0.316. The molecule has 0 aromatic heterocycles. The highest BCUT2D eigenvalue weighted by atomic mass is 16.6. The third-order valence-corrected chi connectivity index (χ3v) is 5.07. The van der Waals surface area contributed by atoms with Crippen molar-refractivity contribution in [2.45, 2.75) is 38.5 Å². The molecule has 1 fully saturated rings. The lowest BCUT2D eigenvalue weighted by atomic mass is 9.90. The number of hydrogen-bond acceptors (Lipinski definition) is 4. The van der Waals surface area contributed by atoms with E-state index in [1.165, 1.54) is 17.7 Å². The van der Waals surface area contributed by atoms with Crippen molar-refractivity contribution in [1.29, 1.82) is 0 Å². The highest BCUT2D eigenvalue weighted by Crippen LogP contribution is 2.46. The Hall–Kier alpha value is -3.09. The molecule has 2 aromatic carbocycles. The first-order chi connectivity index (χ1) is 12.4. The van der Waals surface area contributed by atoms with E-state index in [0.29, 0.717) is 17.7 Å². The number of carbonyl (C=O) groups is 1. The van der Waals surface area contributed by atoms with Crippen LogP contribution >= 0.6 is 0 Å². The Morgan fingerprint density at radius 1 is 1.31 bits per heavy atom. The Kier molecular flexibility index (Phi) is 3.61. The van der Waals surface area contributed by atoms with Gasteiger partial charge in [0.25, 0.3) is 5.69 Å². The predicted molar refractivity (Wildman–Crippen MR) is 96.3 cm³/mol. The number of nitrogens with one attached hydrogen (secondary N) is 1. The van der Waals surface area contributed by atoms with Crippen molar-refractivity contribution in [2.75, 3.05) is 4.90 Å². The van der Waals surface area contributed by atoms with Crippen LogP contribution in [0.3, 0.4) is 0 Å². The number of rotatable bonds is 3. The average Bonchev–Trinajstić information content (AvgIpc) is 2.61. The normalized spacial score (nSPS) is 23.7. The van der Waals surface area contributed by atoms with Gasteiger partial charge in [0.15, 0.2) is 5.72 Å². The molecule has 1 N–H and O–H groups in total. The summed E-state index contributed by atoms with van der Waals surface area (Å²) < 4.78 is 6.16. The minimum Gasteiger partial charge on any atom is -0.467 e. The second kappa shape index (κ2) is 5.72. The molecule has 1 saturated heterocycles. The Morgan fingerprint density at radius 3 is 2.69 bits per heavy atom. The van der Waals surface area contributed by atoms with Gasteiger partial charge < -0.3 is 10.1 Å². The summed E-state index contributed by atoms with van der Waals surface area (Å²) in [4.78, 5) is 25.0. The van der Waals surface area contributed by atoms with Crippen LogP contribution in [0.5, 0.6) is 5.75 Å². The zero-order valence-electron chi connectivity index (χ0n) is 14.6. The number of nitro groups is 1. The average molecular weight is 353 g/mol. The van der Waals surface area contributed by atoms with Gasteiger partial charge in [0, 0.05) is 29.8 Å². The molecule has 2 heterocycles. The molecule has 2 atom stereocenters. The molecule has 7 nitrogen and oxygen atoms in total. The molecule has 4 rings (SSSR count). The van der Waals surface area contributed by atoms with Gasteiger partial charge in [-0.3, -0.25) is 15.0 Å². The Bertz CT molecular complexity index is 896. The summed E-state index contributed by atoms with van der Waals surface area (Å²) in [6.07, 6.45) is 1.43. The zero-order valence-corrected chi connectivity index (χ0v) is 14.6. The Balaban J connectivity index is 1.74. The van der Waals surface area contributed by atoms with Crippen LogP contribution in [-0.4, -0.2) is 16.7 Å². The molecule has 2 aromatic rings. The molecular formula is C19H19N3O4. The number of aryl methyl sites for hydroxylation is 1. The lowest BCUT2D eigenvalue weighted by molar-refractivity contribution is -0.385. The summed E-state index contributed by atoms with van der Waals surface area (Å²) in [6, 6.07) is 11.7. The van der Waals surface area contributed by atoms with Gasteiger partial charge in [-0.2, -0.15) is 0 Å². The number of hydrogen-bond donors (Lipinski definition) is 1. The first kappa shape index (κ1) is 16.4. The number of fused-ring (bicyclic) bond motifs is 4. The molecule has 2 amide bonds. The number of nitrogens with zero attached hydrogens (tertiary/aromatic N) is 2. The summed E-state index contributed by atoms with van der Waals surface area (Å²) in [5.74, 6) is 0.560. The van der Waals surface area contributed by atoms with E-state index in [1.807, 2.05) is 31.2 Å². The van der Waals surface area contributed by atoms with Gasteiger partial charge in [-0.05, 0) is 37.1 Å². The Morgan fingerprint density at radius 2 is 2.04 bits per heavy atom. The van der Waals surface area contributed by atoms with E-state index < -0.39 is 10.6 Å². The number of benzene rings is 2. The smallest absolute Gasteiger partial charge is 0.325 e. The standard InChI is InChI=1S/C19H19N3O4/c1-3-12-4-6-13(7-5-12)21-18(23)20-16-11-19(21,2)26-17-9-8-14(22(24)25)10-15(16)17/h4-10,16H,3,11H2,1-2H3,(H,20,23).